The van der Waals surface area contributed by atoms with Crippen LogP contribution in [0.4, 0.5) is 0 Å². The number of nitrogens with zero attached hydrogens (tertiary/aromatic N) is 5. The zero-order valence-corrected chi connectivity index (χ0v) is 17.7. The van der Waals surface area contributed by atoms with E-state index in [1.165, 1.54) is 11.8 Å². The number of rotatable bonds is 7. The summed E-state index contributed by atoms with van der Waals surface area (Å²) >= 11 is 1.47. The Morgan fingerprint density at radius 1 is 1.00 bits per heavy atom. The molecule has 3 heterocycles. The van der Waals surface area contributed by atoms with E-state index in [1.54, 1.807) is 4.90 Å². The van der Waals surface area contributed by atoms with E-state index in [-0.39, 0.29) is 5.91 Å². The second-order valence-corrected chi connectivity index (χ2v) is 8.24. The Morgan fingerprint density at radius 3 is 2.52 bits per heavy atom. The van der Waals surface area contributed by atoms with E-state index in [2.05, 4.69) is 22.3 Å². The molecule has 1 aliphatic rings. The van der Waals surface area contributed by atoms with Crippen molar-refractivity contribution in [3.8, 4) is 16.9 Å². The zero-order valence-electron chi connectivity index (χ0n) is 16.8. The molecule has 4 aromatic rings. The smallest absolute Gasteiger partial charge is 0.276 e. The Bertz CT molecular complexity index is 1170. The Labute approximate surface area is 184 Å². The van der Waals surface area contributed by atoms with Crippen molar-refractivity contribution in [1.82, 2.24) is 24.9 Å². The van der Waals surface area contributed by atoms with Gasteiger partial charge in [-0.3, -0.25) is 4.79 Å². The molecule has 0 aliphatic carbocycles. The quantitative estimate of drug-likeness (QED) is 0.405. The van der Waals surface area contributed by atoms with Gasteiger partial charge in [0.15, 0.2) is 0 Å². The van der Waals surface area contributed by atoms with Gasteiger partial charge in [-0.15, -0.1) is 10.2 Å². The van der Waals surface area contributed by atoms with Gasteiger partial charge in [-0.1, -0.05) is 60.3 Å². The molecule has 156 valence electrons. The second-order valence-electron chi connectivity index (χ2n) is 7.32. The highest BCUT2D eigenvalue weighted by molar-refractivity contribution is 7.98. The fraction of sp³-hybridized carbons (Fsp3) is 0.217. The summed E-state index contributed by atoms with van der Waals surface area (Å²) in [4.78, 5) is 13.6. The highest BCUT2D eigenvalue weighted by Crippen LogP contribution is 2.29. The zero-order chi connectivity index (χ0) is 21.0. The molecule has 0 spiro atoms. The molecule has 1 amide bonds. The highest BCUT2D eigenvalue weighted by Gasteiger charge is 2.22. The van der Waals surface area contributed by atoms with Gasteiger partial charge in [0, 0.05) is 36.0 Å². The maximum atomic E-state index is 11.8. The van der Waals surface area contributed by atoms with Crippen LogP contribution in [0.2, 0.25) is 0 Å². The number of benzene rings is 2. The number of para-hydroxylation sites is 1. The number of likely N-dealkylation sites (tertiary alicyclic amines) is 1. The first kappa shape index (κ1) is 19.6. The maximum Gasteiger partial charge on any atom is 0.276 e. The molecule has 0 N–H and O–H groups in total. The molecule has 7 nitrogen and oxygen atoms in total. The lowest BCUT2D eigenvalue weighted by atomic mass is 10.1. The molecule has 1 fully saturated rings. The van der Waals surface area contributed by atoms with Crippen LogP contribution in [-0.2, 0) is 17.1 Å². The number of aromatic nitrogens is 4. The van der Waals surface area contributed by atoms with E-state index < -0.39 is 0 Å². The van der Waals surface area contributed by atoms with Gasteiger partial charge >= 0.3 is 0 Å². The van der Waals surface area contributed by atoms with Gasteiger partial charge in [0.25, 0.3) is 5.22 Å². The molecule has 31 heavy (non-hydrogen) atoms. The lowest BCUT2D eigenvalue weighted by Crippen LogP contribution is -2.23. The molecule has 8 heteroatoms. The third kappa shape index (κ3) is 4.39. The van der Waals surface area contributed by atoms with Crippen molar-refractivity contribution in [2.45, 2.75) is 30.4 Å². The largest absolute Gasteiger partial charge is 0.414 e. The normalized spacial score (nSPS) is 13.8. The minimum absolute atomic E-state index is 0.147. The number of hydrogen-bond acceptors (Lipinski definition) is 6. The third-order valence-electron chi connectivity index (χ3n) is 5.15. The minimum Gasteiger partial charge on any atom is -0.414 e. The van der Waals surface area contributed by atoms with E-state index in [9.17, 15) is 4.79 Å². The van der Waals surface area contributed by atoms with Gasteiger partial charge < -0.3 is 9.32 Å². The van der Waals surface area contributed by atoms with Crippen LogP contribution in [0.5, 0.6) is 0 Å². The number of amides is 1. The van der Waals surface area contributed by atoms with Crippen LogP contribution in [0.1, 0.15) is 24.3 Å². The summed E-state index contributed by atoms with van der Waals surface area (Å²) < 4.78 is 7.67. The molecule has 0 bridgehead atoms. The fourth-order valence-corrected chi connectivity index (χ4v) is 4.35. The highest BCUT2D eigenvalue weighted by atomic mass is 32.2. The van der Waals surface area contributed by atoms with Gasteiger partial charge in [0.05, 0.1) is 17.9 Å². The summed E-state index contributed by atoms with van der Waals surface area (Å²) in [5.41, 5.74) is 4.08. The van der Waals surface area contributed by atoms with Crippen molar-refractivity contribution in [3.05, 3.63) is 78.3 Å². The van der Waals surface area contributed by atoms with E-state index in [4.69, 9.17) is 9.52 Å². The van der Waals surface area contributed by atoms with Crippen molar-refractivity contribution >= 4 is 17.7 Å². The van der Waals surface area contributed by atoms with E-state index in [0.29, 0.717) is 29.8 Å². The molecular weight excluding hydrogens is 410 g/mol. The Hall–Kier alpha value is -3.39. The minimum atomic E-state index is 0.147. The van der Waals surface area contributed by atoms with Gasteiger partial charge in [0.1, 0.15) is 0 Å². The molecule has 0 atom stereocenters. The molecular formula is C23H21N5O2S. The molecule has 0 unspecified atom stereocenters. The van der Waals surface area contributed by atoms with Crippen LogP contribution in [-0.4, -0.2) is 37.3 Å². The summed E-state index contributed by atoms with van der Waals surface area (Å²) in [5, 5.41) is 13.6. The average Bonchev–Trinajstić information content (AvgIpc) is 3.54. The Balaban J connectivity index is 1.35. The molecule has 1 aliphatic heterocycles. The molecule has 0 saturated carbocycles. The predicted molar refractivity (Wildman–Crippen MR) is 118 cm³/mol. The summed E-state index contributed by atoms with van der Waals surface area (Å²) in [7, 11) is 0. The summed E-state index contributed by atoms with van der Waals surface area (Å²) in [6.07, 6.45) is 3.54. The van der Waals surface area contributed by atoms with E-state index in [1.807, 2.05) is 59.4 Å². The molecule has 5 rings (SSSR count). The number of hydrogen-bond donors (Lipinski definition) is 0. The van der Waals surface area contributed by atoms with Crippen LogP contribution in [0.15, 0.2) is 76.5 Å². The standard InChI is InChI=1S/C23H21N5O2S/c29-21-12-7-13-27(21)15-20-24-25-23(30-20)31-16-18-14-28(19-10-5-2-6-11-19)26-22(18)17-8-3-1-4-9-17/h1-6,8-11,14H,7,12-13,15-16H2. The van der Waals surface area contributed by atoms with E-state index >= 15 is 0 Å². The van der Waals surface area contributed by atoms with Crippen LogP contribution in [0.25, 0.3) is 16.9 Å². The van der Waals surface area contributed by atoms with Crippen molar-refractivity contribution in [2.75, 3.05) is 6.54 Å². The lowest BCUT2D eigenvalue weighted by molar-refractivity contribution is -0.128. The average molecular weight is 432 g/mol. The topological polar surface area (TPSA) is 77.1 Å². The lowest BCUT2D eigenvalue weighted by Gasteiger charge is -2.11. The second kappa shape index (κ2) is 8.77. The Kier molecular flexibility index (Phi) is 5.54. The monoisotopic (exact) mass is 431 g/mol. The van der Waals surface area contributed by atoms with Crippen molar-refractivity contribution in [3.63, 3.8) is 0 Å². The molecule has 2 aromatic heterocycles. The van der Waals surface area contributed by atoms with Gasteiger partial charge in [-0.25, -0.2) is 4.68 Å². The van der Waals surface area contributed by atoms with Crippen LogP contribution in [0.3, 0.4) is 0 Å². The Morgan fingerprint density at radius 2 is 1.77 bits per heavy atom. The third-order valence-corrected chi connectivity index (χ3v) is 6.02. The molecule has 0 radical (unpaired) electrons. The summed E-state index contributed by atoms with van der Waals surface area (Å²) in [6.45, 7) is 1.14. The number of thioether (sulfide) groups is 1. The first-order chi connectivity index (χ1) is 15.3. The van der Waals surface area contributed by atoms with Crippen molar-refractivity contribution in [1.29, 1.82) is 0 Å². The van der Waals surface area contributed by atoms with Gasteiger partial charge in [-0.05, 0) is 18.6 Å². The summed E-state index contributed by atoms with van der Waals surface area (Å²) in [5.74, 6) is 1.26. The predicted octanol–water partition coefficient (Wildman–Crippen LogP) is 4.34. The molecule has 1 saturated heterocycles. The number of carbonyl (C=O) groups excluding carboxylic acids is 1. The SMILES string of the molecule is O=C1CCCN1Cc1nnc(SCc2cn(-c3ccccc3)nc2-c2ccccc2)o1. The number of carbonyl (C=O) groups is 1. The fourth-order valence-electron chi connectivity index (χ4n) is 3.60. The first-order valence-corrected chi connectivity index (χ1v) is 11.2. The molecule has 2 aromatic carbocycles. The van der Waals surface area contributed by atoms with Crippen LogP contribution < -0.4 is 0 Å². The van der Waals surface area contributed by atoms with Crippen LogP contribution in [0, 0.1) is 0 Å². The van der Waals surface area contributed by atoms with Gasteiger partial charge in [-0.2, -0.15) is 5.10 Å². The summed E-state index contributed by atoms with van der Waals surface area (Å²) in [6, 6.07) is 20.2. The van der Waals surface area contributed by atoms with E-state index in [0.717, 1.165) is 35.5 Å². The van der Waals surface area contributed by atoms with Crippen molar-refractivity contribution < 1.29 is 9.21 Å². The van der Waals surface area contributed by atoms with Gasteiger partial charge in [0.2, 0.25) is 11.8 Å². The first-order valence-electron chi connectivity index (χ1n) is 10.2. The van der Waals surface area contributed by atoms with Crippen LogP contribution >= 0.6 is 11.8 Å². The van der Waals surface area contributed by atoms with Crippen molar-refractivity contribution in [2.24, 2.45) is 0 Å². The maximum absolute atomic E-state index is 11.8.